The van der Waals surface area contributed by atoms with Crippen LogP contribution in [0, 0.1) is 5.82 Å². The van der Waals surface area contributed by atoms with Crippen LogP contribution >= 0.6 is 34.5 Å². The van der Waals surface area contributed by atoms with Crippen LogP contribution in [0.25, 0.3) is 0 Å². The van der Waals surface area contributed by atoms with Gasteiger partial charge < -0.3 is 5.32 Å². The largest absolute Gasteiger partial charge is 0.347 e. The highest BCUT2D eigenvalue weighted by Gasteiger charge is 2.13. The zero-order valence-corrected chi connectivity index (χ0v) is 11.4. The Bertz CT molecular complexity index is 572. The third kappa shape index (κ3) is 3.02. The van der Waals surface area contributed by atoms with Gasteiger partial charge >= 0.3 is 0 Å². The minimum absolute atomic E-state index is 0.0788. The summed E-state index contributed by atoms with van der Waals surface area (Å²) in [5.74, 6) is -1.09. The van der Waals surface area contributed by atoms with Crippen molar-refractivity contribution in [1.29, 1.82) is 0 Å². The fourth-order valence-electron chi connectivity index (χ4n) is 1.37. The Balaban J connectivity index is 2.11. The van der Waals surface area contributed by atoms with E-state index in [0.717, 1.165) is 10.9 Å². The monoisotopic (exact) mass is 303 g/mol. The molecular weight excluding hydrogens is 296 g/mol. The Morgan fingerprint density at radius 1 is 1.33 bits per heavy atom. The fourth-order valence-corrected chi connectivity index (χ4v) is 2.49. The second-order valence-corrected chi connectivity index (χ2v) is 5.35. The minimum Gasteiger partial charge on any atom is -0.347 e. The Kier molecular flexibility index (Phi) is 4.22. The van der Waals surface area contributed by atoms with E-state index < -0.39 is 11.7 Å². The van der Waals surface area contributed by atoms with E-state index >= 15 is 0 Å². The molecule has 18 heavy (non-hydrogen) atoms. The van der Waals surface area contributed by atoms with E-state index in [-0.39, 0.29) is 15.6 Å². The van der Waals surface area contributed by atoms with Crippen LogP contribution in [0.15, 0.2) is 29.6 Å². The fraction of sp³-hybridized carbons (Fsp3) is 0.0833. The molecule has 2 rings (SSSR count). The molecule has 0 unspecified atom stereocenters. The van der Waals surface area contributed by atoms with Crippen molar-refractivity contribution in [2.45, 2.75) is 6.54 Å². The second-order valence-electron chi connectivity index (χ2n) is 3.51. The Labute approximate surface area is 117 Å². The predicted octanol–water partition coefficient (Wildman–Crippen LogP) is 4.12. The highest BCUT2D eigenvalue weighted by molar-refractivity contribution is 7.09. The first-order valence-corrected chi connectivity index (χ1v) is 6.66. The highest BCUT2D eigenvalue weighted by atomic mass is 35.5. The first-order valence-electron chi connectivity index (χ1n) is 5.03. The van der Waals surface area contributed by atoms with Gasteiger partial charge in [0.25, 0.3) is 5.91 Å². The van der Waals surface area contributed by atoms with E-state index in [2.05, 4.69) is 5.32 Å². The average molecular weight is 304 g/mol. The third-order valence-electron chi connectivity index (χ3n) is 2.26. The van der Waals surface area contributed by atoms with Crippen molar-refractivity contribution in [2.75, 3.05) is 0 Å². The summed E-state index contributed by atoms with van der Waals surface area (Å²) in [5, 5.41) is 4.61. The number of amides is 1. The predicted molar refractivity (Wildman–Crippen MR) is 71.9 cm³/mol. The number of carbonyl (C=O) groups is 1. The summed E-state index contributed by atoms with van der Waals surface area (Å²) in [7, 11) is 0. The summed E-state index contributed by atoms with van der Waals surface area (Å²) in [6.45, 7) is 0.386. The average Bonchev–Trinajstić information content (AvgIpc) is 2.84. The van der Waals surface area contributed by atoms with E-state index in [0.29, 0.717) is 6.54 Å². The zero-order valence-electron chi connectivity index (χ0n) is 9.04. The number of rotatable bonds is 3. The molecule has 0 aliphatic carbocycles. The summed E-state index contributed by atoms with van der Waals surface area (Å²) in [5.41, 5.74) is 0.0788. The first-order chi connectivity index (χ1) is 8.58. The van der Waals surface area contributed by atoms with Crippen molar-refractivity contribution < 1.29 is 9.18 Å². The molecule has 0 saturated heterocycles. The number of carbonyl (C=O) groups excluding carboxylic acids is 1. The molecular formula is C12H8Cl2FNOS. The Hall–Kier alpha value is -1.10. The maximum atomic E-state index is 13.3. The normalized spacial score (nSPS) is 10.4. The van der Waals surface area contributed by atoms with Gasteiger partial charge in [-0.3, -0.25) is 4.79 Å². The maximum Gasteiger partial charge on any atom is 0.253 e. The molecule has 0 fully saturated rings. The van der Waals surface area contributed by atoms with E-state index in [1.165, 1.54) is 17.4 Å². The molecule has 2 aromatic rings. The van der Waals surface area contributed by atoms with Gasteiger partial charge in [-0.1, -0.05) is 29.3 Å². The zero-order chi connectivity index (χ0) is 13.1. The van der Waals surface area contributed by atoms with Crippen LogP contribution in [0.1, 0.15) is 15.2 Å². The molecule has 0 spiro atoms. The van der Waals surface area contributed by atoms with Crippen LogP contribution in [0.4, 0.5) is 4.39 Å². The number of hydrogen-bond donors (Lipinski definition) is 1. The molecule has 0 aliphatic heterocycles. The van der Waals surface area contributed by atoms with Gasteiger partial charge in [0.15, 0.2) is 0 Å². The number of benzene rings is 1. The van der Waals surface area contributed by atoms with E-state index in [4.69, 9.17) is 23.2 Å². The summed E-state index contributed by atoms with van der Waals surface area (Å²) >= 11 is 12.9. The van der Waals surface area contributed by atoms with Crippen LogP contribution in [0.5, 0.6) is 0 Å². The van der Waals surface area contributed by atoms with Gasteiger partial charge in [-0.05, 0) is 23.6 Å². The van der Waals surface area contributed by atoms with Crippen molar-refractivity contribution in [1.82, 2.24) is 5.32 Å². The lowest BCUT2D eigenvalue weighted by Gasteiger charge is -2.06. The SMILES string of the molecule is O=C(NCc1cccs1)c1cc(F)c(Cl)cc1Cl. The molecule has 1 N–H and O–H groups in total. The van der Waals surface area contributed by atoms with Crippen LogP contribution in [0.3, 0.4) is 0 Å². The summed E-state index contributed by atoms with van der Waals surface area (Å²) < 4.78 is 13.3. The lowest BCUT2D eigenvalue weighted by Crippen LogP contribution is -2.22. The molecule has 2 nitrogen and oxygen atoms in total. The third-order valence-corrected chi connectivity index (χ3v) is 3.74. The molecule has 0 radical (unpaired) electrons. The highest BCUT2D eigenvalue weighted by Crippen LogP contribution is 2.24. The van der Waals surface area contributed by atoms with Gasteiger partial charge in [0.05, 0.1) is 22.2 Å². The number of hydrogen-bond acceptors (Lipinski definition) is 2. The molecule has 0 atom stereocenters. The smallest absolute Gasteiger partial charge is 0.253 e. The summed E-state index contributed by atoms with van der Waals surface area (Å²) in [6, 6.07) is 6.04. The van der Waals surface area contributed by atoms with Crippen molar-refractivity contribution in [3.05, 3.63) is 55.9 Å². The minimum atomic E-state index is -0.664. The van der Waals surface area contributed by atoms with Gasteiger partial charge in [0.2, 0.25) is 0 Å². The lowest BCUT2D eigenvalue weighted by molar-refractivity contribution is 0.0951. The van der Waals surface area contributed by atoms with Gasteiger partial charge in [0, 0.05) is 4.88 Å². The molecule has 0 bridgehead atoms. The lowest BCUT2D eigenvalue weighted by atomic mass is 10.2. The molecule has 1 heterocycles. The molecule has 0 saturated carbocycles. The van der Waals surface area contributed by atoms with Crippen LogP contribution in [-0.4, -0.2) is 5.91 Å². The Morgan fingerprint density at radius 3 is 2.78 bits per heavy atom. The Morgan fingerprint density at radius 2 is 2.11 bits per heavy atom. The summed E-state index contributed by atoms with van der Waals surface area (Å²) in [4.78, 5) is 12.8. The molecule has 0 aliphatic rings. The van der Waals surface area contributed by atoms with Crippen molar-refractivity contribution in [2.24, 2.45) is 0 Å². The summed E-state index contributed by atoms with van der Waals surface area (Å²) in [6.07, 6.45) is 0. The van der Waals surface area contributed by atoms with Crippen LogP contribution in [-0.2, 0) is 6.54 Å². The first kappa shape index (κ1) is 13.3. The van der Waals surface area contributed by atoms with E-state index in [9.17, 15) is 9.18 Å². The van der Waals surface area contributed by atoms with E-state index in [1.54, 1.807) is 0 Å². The van der Waals surface area contributed by atoms with Crippen LogP contribution in [0.2, 0.25) is 10.0 Å². The van der Waals surface area contributed by atoms with E-state index in [1.807, 2.05) is 17.5 Å². The van der Waals surface area contributed by atoms with Gasteiger partial charge in [-0.25, -0.2) is 4.39 Å². The van der Waals surface area contributed by atoms with Crippen LogP contribution < -0.4 is 5.32 Å². The standard InChI is InChI=1S/C12H8Cl2FNOS/c13-9-5-10(14)11(15)4-8(9)12(17)16-6-7-2-1-3-18-7/h1-5H,6H2,(H,16,17). The molecule has 1 amide bonds. The van der Waals surface area contributed by atoms with Gasteiger partial charge in [0.1, 0.15) is 5.82 Å². The number of nitrogens with one attached hydrogen (secondary N) is 1. The molecule has 94 valence electrons. The van der Waals surface area contributed by atoms with Gasteiger partial charge in [-0.2, -0.15) is 0 Å². The second kappa shape index (κ2) is 5.69. The van der Waals surface area contributed by atoms with Gasteiger partial charge in [-0.15, -0.1) is 11.3 Å². The maximum absolute atomic E-state index is 13.3. The quantitative estimate of drug-likeness (QED) is 0.849. The number of thiophene rings is 1. The number of halogens is 3. The molecule has 1 aromatic carbocycles. The molecule has 1 aromatic heterocycles. The van der Waals surface area contributed by atoms with Crippen molar-refractivity contribution in [3.63, 3.8) is 0 Å². The van der Waals surface area contributed by atoms with Crippen molar-refractivity contribution >= 4 is 40.4 Å². The molecule has 6 heteroatoms. The van der Waals surface area contributed by atoms with Crippen molar-refractivity contribution in [3.8, 4) is 0 Å². The topological polar surface area (TPSA) is 29.1 Å².